The van der Waals surface area contributed by atoms with Crippen molar-refractivity contribution in [2.75, 3.05) is 0 Å². The number of rotatable bonds is 5. The summed E-state index contributed by atoms with van der Waals surface area (Å²) in [6.45, 7) is 0. The van der Waals surface area contributed by atoms with Crippen molar-refractivity contribution in [2.24, 2.45) is 5.92 Å². The van der Waals surface area contributed by atoms with Gasteiger partial charge in [0.2, 0.25) is 0 Å². The summed E-state index contributed by atoms with van der Waals surface area (Å²) in [5.74, 6) is 2.21. The smallest absolute Gasteiger partial charge is 0.166 e. The molecule has 0 bridgehead atoms. The summed E-state index contributed by atoms with van der Waals surface area (Å²) >= 11 is 0. The van der Waals surface area contributed by atoms with Crippen LogP contribution < -0.4 is 0 Å². The number of hydrogen-bond acceptors (Lipinski definition) is 4. The second kappa shape index (κ2) is 13.7. The molecule has 0 saturated carbocycles. The first-order valence-corrected chi connectivity index (χ1v) is 21.2. The van der Waals surface area contributed by atoms with Gasteiger partial charge < -0.3 is 8.98 Å². The summed E-state index contributed by atoms with van der Waals surface area (Å²) in [4.78, 5) is 16.1. The van der Waals surface area contributed by atoms with E-state index in [0.29, 0.717) is 17.5 Å². The SMILES string of the molecule is C1=CC2C=Cc3c(c4cc5ccccc5cc4n3-c3c(-c4nc(-c5cccc(-c6ccccc6)c5)nc(-c5ccc6ccccc6c5)n4)ccc4c3oc3ccccc34)C2C=C1. The van der Waals surface area contributed by atoms with Crippen molar-refractivity contribution in [3.05, 3.63) is 211 Å². The zero-order valence-electron chi connectivity index (χ0n) is 33.5. The molecule has 0 fully saturated rings. The quantitative estimate of drug-likeness (QED) is 0.174. The first-order chi connectivity index (χ1) is 30.7. The highest BCUT2D eigenvalue weighted by Crippen LogP contribution is 2.48. The molecule has 0 radical (unpaired) electrons. The van der Waals surface area contributed by atoms with E-state index in [9.17, 15) is 0 Å². The number of fused-ring (bicyclic) bond motifs is 10. The molecule has 0 N–H and O–H groups in total. The average molecular weight is 793 g/mol. The van der Waals surface area contributed by atoms with Crippen LogP contribution in [0.1, 0.15) is 17.2 Å². The highest BCUT2D eigenvalue weighted by atomic mass is 16.3. The maximum Gasteiger partial charge on any atom is 0.166 e. The fraction of sp³-hybridized carbons (Fsp3) is 0.0351. The highest BCUT2D eigenvalue weighted by molar-refractivity contribution is 6.11. The number of benzene rings is 8. The van der Waals surface area contributed by atoms with Gasteiger partial charge in [-0.2, -0.15) is 0 Å². The van der Waals surface area contributed by atoms with Crippen LogP contribution in [0.4, 0.5) is 0 Å². The Balaban J connectivity index is 1.14. The molecule has 62 heavy (non-hydrogen) atoms. The molecule has 2 aliphatic carbocycles. The molecule has 290 valence electrons. The molecule has 2 atom stereocenters. The van der Waals surface area contributed by atoms with E-state index >= 15 is 0 Å². The van der Waals surface area contributed by atoms with Gasteiger partial charge >= 0.3 is 0 Å². The lowest BCUT2D eigenvalue weighted by molar-refractivity contribution is 0.664. The fourth-order valence-electron chi connectivity index (χ4n) is 9.80. The van der Waals surface area contributed by atoms with Gasteiger partial charge in [-0.1, -0.05) is 158 Å². The lowest BCUT2D eigenvalue weighted by Crippen LogP contribution is -2.14. The summed E-state index contributed by atoms with van der Waals surface area (Å²) in [6.07, 6.45) is 13.7. The first-order valence-electron chi connectivity index (χ1n) is 21.2. The molecule has 0 spiro atoms. The zero-order valence-corrected chi connectivity index (χ0v) is 33.5. The molecule has 3 heterocycles. The molecule has 0 saturated heterocycles. The molecule has 3 aromatic heterocycles. The van der Waals surface area contributed by atoms with Crippen LogP contribution in [0.3, 0.4) is 0 Å². The van der Waals surface area contributed by atoms with Crippen molar-refractivity contribution in [2.45, 2.75) is 5.92 Å². The summed E-state index contributed by atoms with van der Waals surface area (Å²) in [5, 5.41) is 7.99. The molecule has 5 nitrogen and oxygen atoms in total. The third kappa shape index (κ3) is 5.45. The van der Waals surface area contributed by atoms with Gasteiger partial charge in [0.1, 0.15) is 11.3 Å². The zero-order chi connectivity index (χ0) is 40.7. The fourth-order valence-corrected chi connectivity index (χ4v) is 9.80. The molecule has 11 aromatic rings. The van der Waals surface area contributed by atoms with Crippen LogP contribution in [0.25, 0.3) is 111 Å². The topological polar surface area (TPSA) is 56.7 Å². The van der Waals surface area contributed by atoms with E-state index in [1.165, 1.54) is 21.7 Å². The van der Waals surface area contributed by atoms with Gasteiger partial charge in [0.05, 0.1) is 11.2 Å². The molecule has 8 aromatic carbocycles. The van der Waals surface area contributed by atoms with E-state index < -0.39 is 0 Å². The summed E-state index contributed by atoms with van der Waals surface area (Å²) in [5.41, 5.74) is 11.0. The molecule has 5 heteroatoms. The van der Waals surface area contributed by atoms with Gasteiger partial charge in [-0.15, -0.1) is 0 Å². The van der Waals surface area contributed by atoms with Crippen LogP contribution in [0, 0.1) is 5.92 Å². The lowest BCUT2D eigenvalue weighted by Gasteiger charge is -2.26. The number of para-hydroxylation sites is 1. The summed E-state index contributed by atoms with van der Waals surface area (Å²) in [6, 6.07) is 59.8. The van der Waals surface area contributed by atoms with Crippen LogP contribution in [0.5, 0.6) is 0 Å². The predicted octanol–water partition coefficient (Wildman–Crippen LogP) is 14.5. The van der Waals surface area contributed by atoms with Crippen molar-refractivity contribution >= 4 is 60.5 Å². The second-order valence-corrected chi connectivity index (χ2v) is 16.3. The van der Waals surface area contributed by atoms with Crippen LogP contribution in [0.15, 0.2) is 205 Å². The minimum absolute atomic E-state index is 0.184. The lowest BCUT2D eigenvalue weighted by atomic mass is 9.78. The van der Waals surface area contributed by atoms with Crippen LogP contribution in [-0.2, 0) is 0 Å². The maximum absolute atomic E-state index is 7.01. The van der Waals surface area contributed by atoms with Crippen molar-refractivity contribution in [3.63, 3.8) is 0 Å². The van der Waals surface area contributed by atoms with E-state index in [-0.39, 0.29) is 11.8 Å². The Morgan fingerprint density at radius 2 is 1.13 bits per heavy atom. The minimum Gasteiger partial charge on any atom is -0.454 e. The number of aromatic nitrogens is 4. The monoisotopic (exact) mass is 792 g/mol. The van der Waals surface area contributed by atoms with Crippen molar-refractivity contribution in [3.8, 4) is 51.0 Å². The van der Waals surface area contributed by atoms with E-state index in [1.54, 1.807) is 0 Å². The van der Waals surface area contributed by atoms with E-state index in [2.05, 4.69) is 199 Å². The largest absolute Gasteiger partial charge is 0.454 e. The Bertz CT molecular complexity index is 3720. The Morgan fingerprint density at radius 1 is 0.452 bits per heavy atom. The van der Waals surface area contributed by atoms with Crippen LogP contribution in [0.2, 0.25) is 0 Å². The molecule has 0 amide bonds. The Kier molecular flexibility index (Phi) is 7.66. The Morgan fingerprint density at radius 3 is 1.98 bits per heavy atom. The number of furan rings is 1. The van der Waals surface area contributed by atoms with E-state index in [0.717, 1.165) is 77.4 Å². The summed E-state index contributed by atoms with van der Waals surface area (Å²) < 4.78 is 9.43. The van der Waals surface area contributed by atoms with Crippen LogP contribution in [-0.4, -0.2) is 19.5 Å². The molecule has 0 aliphatic heterocycles. The van der Waals surface area contributed by atoms with Crippen molar-refractivity contribution in [1.82, 2.24) is 19.5 Å². The molecule has 2 aliphatic rings. The highest BCUT2D eigenvalue weighted by Gasteiger charge is 2.32. The van der Waals surface area contributed by atoms with Gasteiger partial charge in [0.25, 0.3) is 0 Å². The van der Waals surface area contributed by atoms with Gasteiger partial charge in [-0.05, 0) is 86.8 Å². The average Bonchev–Trinajstić information content (AvgIpc) is 3.88. The van der Waals surface area contributed by atoms with Gasteiger partial charge in [0, 0.05) is 44.7 Å². The third-order valence-corrected chi connectivity index (χ3v) is 12.8. The Hall–Kier alpha value is -8.15. The normalized spacial score (nSPS) is 15.5. The number of allylic oxidation sites excluding steroid dienone is 5. The second-order valence-electron chi connectivity index (χ2n) is 16.3. The van der Waals surface area contributed by atoms with Gasteiger partial charge in [0.15, 0.2) is 23.1 Å². The number of hydrogen-bond donors (Lipinski definition) is 0. The third-order valence-electron chi connectivity index (χ3n) is 12.8. The number of nitrogens with zero attached hydrogens (tertiary/aromatic N) is 4. The first kappa shape index (κ1) is 34.7. The predicted molar refractivity (Wildman–Crippen MR) is 254 cm³/mol. The maximum atomic E-state index is 7.01. The van der Waals surface area contributed by atoms with Crippen molar-refractivity contribution < 1.29 is 4.42 Å². The molecular weight excluding hydrogens is 757 g/mol. The Labute approximate surface area is 357 Å². The molecule has 13 rings (SSSR count). The standard InChI is InChI=1S/C57H36N4O/c1-2-13-35(14-3-1)39-20-12-21-42(31-39)55-58-56(43-26-25-36-15-4-5-17-38(36)32-43)60-57(59-55)47-29-28-46-45-23-10-11-24-51(45)62-54(46)53(47)61-49-30-27-37-16-8-9-22-44(37)52(49)48-33-40-18-6-7-19-41(40)34-50(48)61/h1-34,37,44H. The van der Waals surface area contributed by atoms with Gasteiger partial charge in [-0.3, -0.25) is 0 Å². The minimum atomic E-state index is 0.184. The summed E-state index contributed by atoms with van der Waals surface area (Å²) in [7, 11) is 0. The van der Waals surface area contributed by atoms with E-state index in [1.807, 2.05) is 12.1 Å². The van der Waals surface area contributed by atoms with Gasteiger partial charge in [-0.25, -0.2) is 15.0 Å². The molecule has 2 unspecified atom stereocenters. The van der Waals surface area contributed by atoms with E-state index in [4.69, 9.17) is 19.4 Å². The molecular formula is C57H36N4O. The van der Waals surface area contributed by atoms with Crippen molar-refractivity contribution in [1.29, 1.82) is 0 Å². The van der Waals surface area contributed by atoms with Crippen LogP contribution >= 0.6 is 0 Å².